The fourth-order valence-corrected chi connectivity index (χ4v) is 4.63. The Morgan fingerprint density at radius 2 is 2.00 bits per heavy atom. The van der Waals surface area contributed by atoms with Gasteiger partial charge in [0.1, 0.15) is 11.6 Å². The number of aliphatic hydroxyl groups is 1. The van der Waals surface area contributed by atoms with Crippen LogP contribution in [0.5, 0.6) is 5.75 Å². The van der Waals surface area contributed by atoms with Crippen LogP contribution >= 0.6 is 0 Å². The molecule has 0 saturated carbocycles. The van der Waals surface area contributed by atoms with Crippen LogP contribution in [0, 0.1) is 11.7 Å². The smallest absolute Gasteiger partial charge is 0.123 e. The van der Waals surface area contributed by atoms with Crippen molar-refractivity contribution in [3.8, 4) is 5.75 Å². The second-order valence-electron chi connectivity index (χ2n) is 8.23. The molecule has 156 valence electrons. The van der Waals surface area contributed by atoms with Crippen molar-refractivity contribution in [1.82, 2.24) is 15.8 Å². The van der Waals surface area contributed by atoms with E-state index in [9.17, 15) is 9.50 Å². The Balaban J connectivity index is 1.41. The second-order valence-corrected chi connectivity index (χ2v) is 8.23. The first-order valence-corrected chi connectivity index (χ1v) is 10.4. The first kappa shape index (κ1) is 20.3. The topological polar surface area (TPSA) is 56.8 Å². The van der Waals surface area contributed by atoms with E-state index in [4.69, 9.17) is 4.74 Å². The first-order chi connectivity index (χ1) is 14.1. The summed E-state index contributed by atoms with van der Waals surface area (Å²) >= 11 is 0. The Hall–Kier alpha value is -1.99. The number of benzene rings is 2. The highest BCUT2D eigenvalue weighted by atomic mass is 19.1. The van der Waals surface area contributed by atoms with Crippen LogP contribution in [0.15, 0.2) is 48.5 Å². The molecule has 29 heavy (non-hydrogen) atoms. The minimum atomic E-state index is -0.874. The van der Waals surface area contributed by atoms with E-state index in [-0.39, 0.29) is 11.9 Å². The van der Waals surface area contributed by atoms with Gasteiger partial charge < -0.3 is 14.7 Å². The summed E-state index contributed by atoms with van der Waals surface area (Å²) in [6, 6.07) is 14.7. The van der Waals surface area contributed by atoms with E-state index < -0.39 is 5.60 Å². The molecular formula is C23H30FN3O2. The summed E-state index contributed by atoms with van der Waals surface area (Å²) in [6.07, 6.45) is 2.29. The average molecular weight is 400 g/mol. The number of likely N-dealkylation sites (tertiary alicyclic amines) is 1. The number of halogens is 1. The van der Waals surface area contributed by atoms with E-state index >= 15 is 0 Å². The van der Waals surface area contributed by atoms with Crippen molar-refractivity contribution in [2.24, 2.45) is 5.92 Å². The highest BCUT2D eigenvalue weighted by Crippen LogP contribution is 2.34. The minimum absolute atomic E-state index is 0.226. The van der Waals surface area contributed by atoms with E-state index in [1.54, 1.807) is 19.2 Å². The standard InChI is InChI=1S/C23H30FN3O2/c1-29-21-5-2-4-17(14-21)22-18(15-25-26-22)16-27-12-3-10-23(28,11-13-27)19-6-8-20(24)9-7-19/h2,4-9,14,18,22,25-26,28H,3,10-13,15-16H2,1H3. The molecule has 3 atom stereocenters. The summed E-state index contributed by atoms with van der Waals surface area (Å²) in [6.45, 7) is 3.65. The zero-order valence-corrected chi connectivity index (χ0v) is 16.9. The van der Waals surface area contributed by atoms with Crippen molar-refractivity contribution < 1.29 is 14.2 Å². The molecule has 0 aromatic heterocycles. The third-order valence-corrected chi connectivity index (χ3v) is 6.33. The molecule has 2 aromatic rings. The Bertz CT molecular complexity index is 816. The maximum Gasteiger partial charge on any atom is 0.123 e. The predicted octanol–water partition coefficient (Wildman–Crippen LogP) is 2.97. The van der Waals surface area contributed by atoms with Gasteiger partial charge in [-0.1, -0.05) is 24.3 Å². The van der Waals surface area contributed by atoms with Gasteiger partial charge in [-0.3, -0.25) is 5.43 Å². The van der Waals surface area contributed by atoms with Crippen LogP contribution < -0.4 is 15.6 Å². The number of hydrogen-bond acceptors (Lipinski definition) is 5. The molecule has 0 aliphatic carbocycles. The van der Waals surface area contributed by atoms with Crippen molar-refractivity contribution in [2.45, 2.75) is 30.9 Å². The summed E-state index contributed by atoms with van der Waals surface area (Å²) < 4.78 is 18.6. The van der Waals surface area contributed by atoms with Gasteiger partial charge in [0.2, 0.25) is 0 Å². The SMILES string of the molecule is COc1cccc(C2NNCC2CN2CCCC(O)(c3ccc(F)cc3)CC2)c1. The maximum atomic E-state index is 13.3. The molecule has 3 unspecified atom stereocenters. The Kier molecular flexibility index (Phi) is 6.15. The van der Waals surface area contributed by atoms with Gasteiger partial charge in [-0.2, -0.15) is 0 Å². The van der Waals surface area contributed by atoms with Crippen molar-refractivity contribution in [2.75, 3.05) is 33.3 Å². The number of nitrogens with one attached hydrogen (secondary N) is 2. The van der Waals surface area contributed by atoms with E-state index in [0.29, 0.717) is 18.8 Å². The third-order valence-electron chi connectivity index (χ3n) is 6.33. The van der Waals surface area contributed by atoms with E-state index in [2.05, 4.69) is 27.9 Å². The van der Waals surface area contributed by atoms with Crippen molar-refractivity contribution in [1.29, 1.82) is 0 Å². The van der Waals surface area contributed by atoms with Gasteiger partial charge in [0.25, 0.3) is 0 Å². The summed E-state index contributed by atoms with van der Waals surface area (Å²) in [5.41, 5.74) is 7.88. The number of nitrogens with zero attached hydrogens (tertiary/aromatic N) is 1. The number of rotatable bonds is 5. The fraction of sp³-hybridized carbons (Fsp3) is 0.478. The van der Waals surface area contributed by atoms with Crippen LogP contribution in [0.25, 0.3) is 0 Å². The summed E-state index contributed by atoms with van der Waals surface area (Å²) in [4.78, 5) is 2.45. The number of ether oxygens (including phenoxy) is 1. The Morgan fingerprint density at radius 3 is 2.79 bits per heavy atom. The van der Waals surface area contributed by atoms with Gasteiger partial charge in [0.05, 0.1) is 18.8 Å². The van der Waals surface area contributed by atoms with Gasteiger partial charge in [0.15, 0.2) is 0 Å². The number of hydrogen-bond donors (Lipinski definition) is 3. The molecule has 2 aliphatic rings. The molecule has 5 nitrogen and oxygen atoms in total. The van der Waals surface area contributed by atoms with Crippen LogP contribution in [0.1, 0.15) is 36.4 Å². The summed E-state index contributed by atoms with van der Waals surface area (Å²) in [5, 5.41) is 11.2. The molecule has 6 heteroatoms. The molecule has 0 radical (unpaired) electrons. The first-order valence-electron chi connectivity index (χ1n) is 10.4. The van der Waals surface area contributed by atoms with E-state index in [1.165, 1.54) is 17.7 Å². The quantitative estimate of drug-likeness (QED) is 0.722. The minimum Gasteiger partial charge on any atom is -0.497 e. The molecule has 0 amide bonds. The van der Waals surface area contributed by atoms with Crippen LogP contribution in [-0.2, 0) is 5.60 Å². The second kappa shape index (κ2) is 8.79. The maximum absolute atomic E-state index is 13.3. The zero-order chi connectivity index (χ0) is 20.3. The van der Waals surface area contributed by atoms with Crippen LogP contribution in [-0.4, -0.2) is 43.3 Å². The van der Waals surface area contributed by atoms with Crippen molar-refractivity contribution in [3.05, 3.63) is 65.5 Å². The lowest BCUT2D eigenvalue weighted by molar-refractivity contribution is 0.0207. The lowest BCUT2D eigenvalue weighted by Gasteiger charge is -2.29. The highest BCUT2D eigenvalue weighted by molar-refractivity contribution is 5.31. The Morgan fingerprint density at radius 1 is 1.17 bits per heavy atom. The average Bonchev–Trinajstić information content (AvgIpc) is 3.12. The van der Waals surface area contributed by atoms with Crippen LogP contribution in [0.3, 0.4) is 0 Å². The molecule has 0 bridgehead atoms. The molecule has 3 N–H and O–H groups in total. The van der Waals surface area contributed by atoms with Crippen molar-refractivity contribution in [3.63, 3.8) is 0 Å². The highest BCUT2D eigenvalue weighted by Gasteiger charge is 2.35. The lowest BCUT2D eigenvalue weighted by Crippen LogP contribution is -2.35. The molecule has 2 fully saturated rings. The summed E-state index contributed by atoms with van der Waals surface area (Å²) in [5.74, 6) is 1.03. The van der Waals surface area contributed by atoms with Crippen molar-refractivity contribution >= 4 is 0 Å². The zero-order valence-electron chi connectivity index (χ0n) is 16.9. The van der Waals surface area contributed by atoms with Gasteiger partial charge in [0, 0.05) is 25.6 Å². The largest absolute Gasteiger partial charge is 0.497 e. The number of hydrazine groups is 1. The molecule has 2 aliphatic heterocycles. The van der Waals surface area contributed by atoms with Gasteiger partial charge >= 0.3 is 0 Å². The number of methoxy groups -OCH3 is 1. The monoisotopic (exact) mass is 399 g/mol. The molecule has 4 rings (SSSR count). The van der Waals surface area contributed by atoms with Crippen LogP contribution in [0.2, 0.25) is 0 Å². The van der Waals surface area contributed by atoms with E-state index in [1.807, 2.05) is 12.1 Å². The third kappa shape index (κ3) is 4.61. The molecular weight excluding hydrogens is 369 g/mol. The molecule has 2 aromatic carbocycles. The molecule has 2 heterocycles. The molecule has 0 spiro atoms. The fourth-order valence-electron chi connectivity index (χ4n) is 4.63. The van der Waals surface area contributed by atoms with Gasteiger partial charge in [-0.05, 0) is 61.2 Å². The van der Waals surface area contributed by atoms with Gasteiger partial charge in [-0.15, -0.1) is 0 Å². The Labute approximate surface area is 171 Å². The predicted molar refractivity (Wildman–Crippen MR) is 111 cm³/mol. The molecule has 2 saturated heterocycles. The van der Waals surface area contributed by atoms with Crippen LogP contribution in [0.4, 0.5) is 4.39 Å². The lowest BCUT2D eigenvalue weighted by atomic mass is 9.87. The normalized spacial score (nSPS) is 28.2. The van der Waals surface area contributed by atoms with E-state index in [0.717, 1.165) is 43.9 Å². The van der Waals surface area contributed by atoms with Gasteiger partial charge in [-0.25, -0.2) is 9.82 Å². The summed E-state index contributed by atoms with van der Waals surface area (Å²) in [7, 11) is 1.69.